The van der Waals surface area contributed by atoms with Gasteiger partial charge in [0.2, 0.25) is 0 Å². The van der Waals surface area contributed by atoms with Gasteiger partial charge < -0.3 is 10.5 Å². The van der Waals surface area contributed by atoms with E-state index in [1.165, 1.54) is 0 Å². The Hall–Kier alpha value is -1.88. The second kappa shape index (κ2) is 5.48. The Labute approximate surface area is 127 Å². The lowest BCUT2D eigenvalue weighted by Crippen LogP contribution is -2.23. The SMILES string of the molecule is Cc1cccc(-c2cc(N)c(C(=O)OC(C)(C)C)s2)c1F. The van der Waals surface area contributed by atoms with Gasteiger partial charge in [0.15, 0.2) is 0 Å². The highest BCUT2D eigenvalue weighted by atomic mass is 32.1. The molecule has 21 heavy (non-hydrogen) atoms. The fraction of sp³-hybridized carbons (Fsp3) is 0.312. The van der Waals surface area contributed by atoms with Crippen LogP contribution in [0.3, 0.4) is 0 Å². The lowest BCUT2D eigenvalue weighted by Gasteiger charge is -2.18. The summed E-state index contributed by atoms with van der Waals surface area (Å²) in [7, 11) is 0. The largest absolute Gasteiger partial charge is 0.456 e. The Morgan fingerprint density at radius 1 is 1.33 bits per heavy atom. The first kappa shape index (κ1) is 15.5. The molecular weight excluding hydrogens is 289 g/mol. The van der Waals surface area contributed by atoms with Crippen LogP contribution in [-0.4, -0.2) is 11.6 Å². The number of hydrogen-bond donors (Lipinski definition) is 1. The van der Waals surface area contributed by atoms with E-state index in [1.807, 2.05) is 0 Å². The summed E-state index contributed by atoms with van der Waals surface area (Å²) in [6.45, 7) is 7.06. The topological polar surface area (TPSA) is 52.3 Å². The number of aryl methyl sites for hydroxylation is 1. The fourth-order valence-corrected chi connectivity index (χ4v) is 2.83. The quantitative estimate of drug-likeness (QED) is 0.837. The molecule has 0 aliphatic carbocycles. The van der Waals surface area contributed by atoms with Crippen LogP contribution in [0.1, 0.15) is 36.0 Å². The first-order chi connectivity index (χ1) is 9.69. The number of hydrogen-bond acceptors (Lipinski definition) is 4. The van der Waals surface area contributed by atoms with Crippen molar-refractivity contribution in [2.45, 2.75) is 33.3 Å². The summed E-state index contributed by atoms with van der Waals surface area (Å²) in [6.07, 6.45) is 0. The maximum absolute atomic E-state index is 14.2. The molecule has 0 fully saturated rings. The van der Waals surface area contributed by atoms with Crippen molar-refractivity contribution >= 4 is 23.0 Å². The third-order valence-electron chi connectivity index (χ3n) is 2.80. The Bertz CT molecular complexity index is 686. The van der Waals surface area contributed by atoms with Gasteiger partial charge in [-0.3, -0.25) is 0 Å². The van der Waals surface area contributed by atoms with Crippen LogP contribution in [-0.2, 0) is 4.74 Å². The third-order valence-corrected chi connectivity index (χ3v) is 3.97. The van der Waals surface area contributed by atoms with E-state index in [1.54, 1.807) is 52.0 Å². The molecule has 5 heteroatoms. The predicted molar refractivity (Wildman–Crippen MR) is 84.0 cm³/mol. The van der Waals surface area contributed by atoms with Crippen LogP contribution in [0.2, 0.25) is 0 Å². The lowest BCUT2D eigenvalue weighted by molar-refractivity contribution is 0.00764. The number of nitrogen functional groups attached to an aromatic ring is 1. The summed E-state index contributed by atoms with van der Waals surface area (Å²) >= 11 is 1.14. The van der Waals surface area contributed by atoms with Crippen LogP contribution < -0.4 is 5.73 Å². The van der Waals surface area contributed by atoms with Crippen molar-refractivity contribution in [3.05, 3.63) is 40.5 Å². The highest BCUT2D eigenvalue weighted by Gasteiger charge is 2.23. The Morgan fingerprint density at radius 2 is 2.00 bits per heavy atom. The molecule has 0 saturated heterocycles. The van der Waals surface area contributed by atoms with Gasteiger partial charge in [-0.15, -0.1) is 11.3 Å². The monoisotopic (exact) mass is 307 g/mol. The summed E-state index contributed by atoms with van der Waals surface area (Å²) in [6, 6.07) is 6.76. The first-order valence-electron chi connectivity index (χ1n) is 6.57. The summed E-state index contributed by atoms with van der Waals surface area (Å²) in [5.74, 6) is -0.779. The van der Waals surface area contributed by atoms with Gasteiger partial charge >= 0.3 is 5.97 Å². The van der Waals surface area contributed by atoms with Gasteiger partial charge in [-0.05, 0) is 39.3 Å². The van der Waals surface area contributed by atoms with Crippen molar-refractivity contribution in [1.29, 1.82) is 0 Å². The van der Waals surface area contributed by atoms with E-state index in [9.17, 15) is 9.18 Å². The van der Waals surface area contributed by atoms with E-state index < -0.39 is 11.6 Å². The highest BCUT2D eigenvalue weighted by Crippen LogP contribution is 2.36. The molecule has 3 nitrogen and oxygen atoms in total. The molecule has 1 aromatic carbocycles. The van der Waals surface area contributed by atoms with Crippen LogP contribution in [0.15, 0.2) is 24.3 Å². The zero-order valence-corrected chi connectivity index (χ0v) is 13.3. The average molecular weight is 307 g/mol. The van der Waals surface area contributed by atoms with Crippen LogP contribution >= 0.6 is 11.3 Å². The van der Waals surface area contributed by atoms with E-state index in [4.69, 9.17) is 10.5 Å². The summed E-state index contributed by atoms with van der Waals surface area (Å²) < 4.78 is 19.5. The number of rotatable bonds is 2. The van der Waals surface area contributed by atoms with Gasteiger partial charge in [-0.2, -0.15) is 0 Å². The van der Waals surface area contributed by atoms with Gasteiger partial charge in [0.1, 0.15) is 16.3 Å². The van der Waals surface area contributed by atoms with Crippen molar-refractivity contribution < 1.29 is 13.9 Å². The number of nitrogens with two attached hydrogens (primary N) is 1. The molecule has 0 bridgehead atoms. The molecule has 1 aromatic heterocycles. The second-order valence-electron chi connectivity index (χ2n) is 5.83. The molecule has 2 rings (SSSR count). The van der Waals surface area contributed by atoms with Crippen molar-refractivity contribution in [3.8, 4) is 10.4 Å². The Morgan fingerprint density at radius 3 is 2.62 bits per heavy atom. The fourth-order valence-electron chi connectivity index (χ4n) is 1.86. The number of benzene rings is 1. The smallest absolute Gasteiger partial charge is 0.350 e. The van der Waals surface area contributed by atoms with Gasteiger partial charge in [0.25, 0.3) is 0 Å². The van der Waals surface area contributed by atoms with E-state index in [0.717, 1.165) is 11.3 Å². The first-order valence-corrected chi connectivity index (χ1v) is 7.39. The molecule has 0 amide bonds. The normalized spacial score (nSPS) is 11.5. The molecule has 2 N–H and O–H groups in total. The van der Waals surface area contributed by atoms with Crippen LogP contribution in [0.4, 0.5) is 10.1 Å². The van der Waals surface area contributed by atoms with E-state index >= 15 is 0 Å². The van der Waals surface area contributed by atoms with Crippen molar-refractivity contribution in [3.63, 3.8) is 0 Å². The van der Waals surface area contributed by atoms with Crippen LogP contribution in [0.25, 0.3) is 10.4 Å². The molecule has 0 aliphatic heterocycles. The molecule has 112 valence electrons. The summed E-state index contributed by atoms with van der Waals surface area (Å²) in [4.78, 5) is 13.0. The van der Waals surface area contributed by atoms with Gasteiger partial charge in [0, 0.05) is 10.4 Å². The molecule has 0 aliphatic rings. The number of thiophene rings is 1. The predicted octanol–water partition coefficient (Wildman–Crippen LogP) is 4.40. The zero-order chi connectivity index (χ0) is 15.8. The molecule has 2 aromatic rings. The lowest BCUT2D eigenvalue weighted by atomic mass is 10.1. The maximum atomic E-state index is 14.2. The standard InChI is InChI=1S/C16H18FNO2S/c1-9-6-5-7-10(13(9)17)12-8-11(18)14(21-12)15(19)20-16(2,3)4/h5-8H,18H2,1-4H3. The van der Waals surface area contributed by atoms with Crippen LogP contribution in [0, 0.1) is 12.7 Å². The van der Waals surface area contributed by atoms with E-state index in [2.05, 4.69) is 0 Å². The Kier molecular flexibility index (Phi) is 4.05. The Balaban J connectivity index is 2.40. The number of halogens is 1. The van der Waals surface area contributed by atoms with Crippen LogP contribution in [0.5, 0.6) is 0 Å². The average Bonchev–Trinajstić information content (AvgIpc) is 2.72. The number of carbonyl (C=O) groups excluding carboxylic acids is 1. The van der Waals surface area contributed by atoms with Gasteiger partial charge in [-0.1, -0.05) is 18.2 Å². The molecule has 0 atom stereocenters. The molecular formula is C16H18FNO2S. The molecule has 0 unspecified atom stereocenters. The van der Waals surface area contributed by atoms with Gasteiger partial charge in [0.05, 0.1) is 5.69 Å². The third kappa shape index (κ3) is 3.42. The van der Waals surface area contributed by atoms with Crippen molar-refractivity contribution in [2.75, 3.05) is 5.73 Å². The minimum absolute atomic E-state index is 0.297. The molecule has 0 saturated carbocycles. The zero-order valence-electron chi connectivity index (χ0n) is 12.5. The van der Waals surface area contributed by atoms with E-state index in [0.29, 0.717) is 26.6 Å². The number of esters is 1. The number of anilines is 1. The molecule has 1 heterocycles. The number of carbonyl (C=O) groups is 1. The second-order valence-corrected chi connectivity index (χ2v) is 6.89. The number of ether oxygens (including phenoxy) is 1. The van der Waals surface area contributed by atoms with Crippen molar-refractivity contribution in [1.82, 2.24) is 0 Å². The minimum atomic E-state index is -0.595. The molecule has 0 spiro atoms. The molecule has 0 radical (unpaired) electrons. The summed E-state index contributed by atoms with van der Waals surface area (Å²) in [5.41, 5.74) is 6.59. The highest BCUT2D eigenvalue weighted by molar-refractivity contribution is 7.18. The van der Waals surface area contributed by atoms with E-state index in [-0.39, 0.29) is 5.82 Å². The maximum Gasteiger partial charge on any atom is 0.350 e. The van der Waals surface area contributed by atoms with Crippen molar-refractivity contribution in [2.24, 2.45) is 0 Å². The minimum Gasteiger partial charge on any atom is -0.456 e. The summed E-state index contributed by atoms with van der Waals surface area (Å²) in [5, 5.41) is 0. The van der Waals surface area contributed by atoms with Gasteiger partial charge in [-0.25, -0.2) is 9.18 Å².